The van der Waals surface area contributed by atoms with Gasteiger partial charge in [0.1, 0.15) is 11.4 Å². The number of hydrogen-bond donors (Lipinski definition) is 0. The Labute approximate surface area is 231 Å². The second-order valence-corrected chi connectivity index (χ2v) is 11.1. The van der Waals surface area contributed by atoms with Gasteiger partial charge in [0.05, 0.1) is 5.69 Å². The molecule has 204 valence electrons. The van der Waals surface area contributed by atoms with Crippen molar-refractivity contribution in [1.82, 2.24) is 14.7 Å². The number of hydrogen-bond acceptors (Lipinski definition) is 6. The molecule has 3 fully saturated rings. The predicted molar refractivity (Wildman–Crippen MR) is 155 cm³/mol. The van der Waals surface area contributed by atoms with Crippen LogP contribution in [-0.4, -0.2) is 84.3 Å². The van der Waals surface area contributed by atoms with Gasteiger partial charge in [-0.1, -0.05) is 12.1 Å². The van der Waals surface area contributed by atoms with Gasteiger partial charge in [-0.25, -0.2) is 14.7 Å². The molecule has 0 aliphatic carbocycles. The molecule has 6 rings (SSSR count). The molecule has 0 bridgehead atoms. The lowest BCUT2D eigenvalue weighted by Crippen LogP contribution is -2.56. The number of amides is 3. The Kier molecular flexibility index (Phi) is 6.89. The third-order valence-electron chi connectivity index (χ3n) is 8.78. The Morgan fingerprint density at radius 1 is 0.872 bits per heavy atom. The number of piperidine rings is 1. The van der Waals surface area contributed by atoms with Gasteiger partial charge >= 0.3 is 6.03 Å². The average Bonchev–Trinajstić information content (AvgIpc) is 3.57. The Morgan fingerprint density at radius 2 is 1.54 bits per heavy atom. The minimum absolute atomic E-state index is 0.0909. The maximum absolute atomic E-state index is 13.9. The van der Waals surface area contributed by atoms with Crippen LogP contribution in [0.3, 0.4) is 0 Å². The zero-order valence-electron chi connectivity index (χ0n) is 23.1. The minimum Gasteiger partial charge on any atom is -0.372 e. The molecule has 8 nitrogen and oxygen atoms in total. The van der Waals surface area contributed by atoms with Crippen LogP contribution in [0.25, 0.3) is 0 Å². The Morgan fingerprint density at radius 3 is 2.18 bits per heavy atom. The minimum atomic E-state index is -0.765. The predicted octanol–water partition coefficient (Wildman–Crippen LogP) is 4.32. The first kappa shape index (κ1) is 25.6. The number of nitrogens with zero attached hydrogens (tertiary/aromatic N) is 6. The summed E-state index contributed by atoms with van der Waals surface area (Å²) in [5, 5.41) is 0. The van der Waals surface area contributed by atoms with E-state index in [9.17, 15) is 9.59 Å². The largest absolute Gasteiger partial charge is 0.372 e. The second kappa shape index (κ2) is 10.5. The van der Waals surface area contributed by atoms with Crippen LogP contribution in [0.15, 0.2) is 65.8 Å². The van der Waals surface area contributed by atoms with Crippen molar-refractivity contribution in [2.24, 2.45) is 4.99 Å². The molecule has 4 aliphatic heterocycles. The third kappa shape index (κ3) is 4.61. The highest BCUT2D eigenvalue weighted by Gasteiger charge is 2.57. The van der Waals surface area contributed by atoms with Crippen LogP contribution in [0, 0.1) is 0 Å². The zero-order chi connectivity index (χ0) is 27.0. The molecule has 0 saturated carbocycles. The fourth-order valence-corrected chi connectivity index (χ4v) is 6.56. The van der Waals surface area contributed by atoms with Crippen LogP contribution >= 0.6 is 0 Å². The molecule has 0 N–H and O–H groups in total. The molecule has 4 heterocycles. The molecule has 39 heavy (non-hydrogen) atoms. The van der Waals surface area contributed by atoms with Gasteiger partial charge in [0.25, 0.3) is 5.91 Å². The van der Waals surface area contributed by atoms with Crippen molar-refractivity contribution < 1.29 is 9.59 Å². The molecule has 2 aromatic carbocycles. The van der Waals surface area contributed by atoms with E-state index in [1.165, 1.54) is 29.0 Å². The lowest BCUT2D eigenvalue weighted by Gasteiger charge is -2.41. The molecule has 2 aromatic rings. The summed E-state index contributed by atoms with van der Waals surface area (Å²) in [5.41, 5.74) is 3.43. The van der Waals surface area contributed by atoms with Gasteiger partial charge in [-0.15, -0.1) is 0 Å². The van der Waals surface area contributed by atoms with Gasteiger partial charge in [0.15, 0.2) is 0 Å². The number of carbonyl (C=O) groups is 2. The summed E-state index contributed by atoms with van der Waals surface area (Å²) in [7, 11) is 2.00. The maximum atomic E-state index is 13.9. The fourth-order valence-electron chi connectivity index (χ4n) is 6.56. The van der Waals surface area contributed by atoms with Crippen molar-refractivity contribution >= 4 is 29.1 Å². The molecule has 8 heteroatoms. The van der Waals surface area contributed by atoms with E-state index in [4.69, 9.17) is 0 Å². The number of amidine groups is 1. The summed E-state index contributed by atoms with van der Waals surface area (Å²) >= 11 is 0. The van der Waals surface area contributed by atoms with Crippen LogP contribution in [-0.2, 0) is 11.3 Å². The molecule has 0 radical (unpaired) electrons. The van der Waals surface area contributed by atoms with Gasteiger partial charge < -0.3 is 14.7 Å². The van der Waals surface area contributed by atoms with E-state index in [1.807, 2.05) is 50.5 Å². The second-order valence-electron chi connectivity index (χ2n) is 11.1. The van der Waals surface area contributed by atoms with E-state index in [0.29, 0.717) is 25.1 Å². The molecule has 0 aromatic heterocycles. The normalized spacial score (nSPS) is 21.4. The summed E-state index contributed by atoms with van der Waals surface area (Å²) in [6.07, 6.45) is 7.69. The topological polar surface area (TPSA) is 62.7 Å². The Hall–Kier alpha value is -3.65. The molecule has 3 saturated heterocycles. The van der Waals surface area contributed by atoms with Crippen LogP contribution < -0.4 is 9.80 Å². The third-order valence-corrected chi connectivity index (χ3v) is 8.78. The fraction of sp³-hybridized carbons (Fsp3) is 0.452. The highest BCUT2D eigenvalue weighted by atomic mass is 16.2. The van der Waals surface area contributed by atoms with E-state index < -0.39 is 5.54 Å². The van der Waals surface area contributed by atoms with Crippen molar-refractivity contribution in [3.05, 3.63) is 71.9 Å². The van der Waals surface area contributed by atoms with Crippen molar-refractivity contribution in [1.29, 1.82) is 0 Å². The Bertz CT molecular complexity index is 1270. The number of rotatable bonds is 6. The van der Waals surface area contributed by atoms with E-state index in [1.54, 1.807) is 4.90 Å². The molecule has 0 atom stereocenters. The monoisotopic (exact) mass is 526 g/mol. The van der Waals surface area contributed by atoms with Crippen molar-refractivity contribution in [2.75, 3.05) is 56.1 Å². The average molecular weight is 527 g/mol. The molecule has 0 unspecified atom stereocenters. The van der Waals surface area contributed by atoms with Gasteiger partial charge in [0.2, 0.25) is 0 Å². The number of likely N-dealkylation sites (N-methyl/N-ethyl adjacent to an activating group) is 2. The molecular formula is C31H38N6O2. The first-order chi connectivity index (χ1) is 19.0. The molecule has 1 spiro atoms. The number of aliphatic imine (C=N–C) groups is 1. The lowest BCUT2D eigenvalue weighted by molar-refractivity contribution is -0.127. The summed E-state index contributed by atoms with van der Waals surface area (Å²) < 4.78 is 0. The van der Waals surface area contributed by atoms with Gasteiger partial charge in [-0.05, 0) is 80.6 Å². The van der Waals surface area contributed by atoms with Crippen molar-refractivity contribution in [3.8, 4) is 0 Å². The smallest absolute Gasteiger partial charge is 0.332 e. The lowest BCUT2D eigenvalue weighted by atomic mass is 9.85. The number of benzene rings is 2. The molecular weight excluding hydrogens is 488 g/mol. The van der Waals surface area contributed by atoms with E-state index in [2.05, 4.69) is 44.0 Å². The quantitative estimate of drug-likeness (QED) is 0.525. The number of carbonyl (C=O) groups excluding carboxylic acids is 2. The molecule has 3 amide bonds. The summed E-state index contributed by atoms with van der Waals surface area (Å²) in [6.45, 7) is 8.04. The summed E-state index contributed by atoms with van der Waals surface area (Å²) in [5.74, 6) is 0.791. The highest BCUT2D eigenvalue weighted by Crippen LogP contribution is 2.39. The highest BCUT2D eigenvalue weighted by molar-refractivity contribution is 6.23. The van der Waals surface area contributed by atoms with Gasteiger partial charge in [-0.2, -0.15) is 0 Å². The van der Waals surface area contributed by atoms with Crippen LogP contribution in [0.1, 0.15) is 43.7 Å². The zero-order valence-corrected chi connectivity index (χ0v) is 23.1. The van der Waals surface area contributed by atoms with Crippen LogP contribution in [0.4, 0.5) is 16.2 Å². The Balaban J connectivity index is 1.14. The molecule has 4 aliphatic rings. The SMILES string of the molecule is CCN1C(=O)N(c2ccc(C3=NC=CCN3C)cc2)C(=O)C12CCN(Cc1ccc(N3CCCC3)cc1)CC2. The standard InChI is InChI=1S/C31H38N6O2/c1-3-36-30(39)37(27-13-9-25(10-14-27)28-32-17-6-18-33(28)2)29(38)31(36)15-21-34(22-16-31)23-24-7-11-26(12-8-24)35-19-4-5-20-35/h6-14,17H,3-5,15-16,18-23H2,1-2H3. The van der Waals surface area contributed by atoms with Crippen LogP contribution in [0.5, 0.6) is 0 Å². The first-order valence-corrected chi connectivity index (χ1v) is 14.3. The van der Waals surface area contributed by atoms with E-state index in [0.717, 1.165) is 50.7 Å². The first-order valence-electron chi connectivity index (χ1n) is 14.3. The number of anilines is 2. The number of imide groups is 1. The van der Waals surface area contributed by atoms with Crippen LogP contribution in [0.2, 0.25) is 0 Å². The number of likely N-dealkylation sites (tertiary alicyclic amines) is 1. The van der Waals surface area contributed by atoms with Crippen molar-refractivity contribution in [3.63, 3.8) is 0 Å². The summed E-state index contributed by atoms with van der Waals surface area (Å²) in [4.78, 5) is 42.1. The maximum Gasteiger partial charge on any atom is 0.332 e. The van der Waals surface area contributed by atoms with E-state index in [-0.39, 0.29) is 11.9 Å². The van der Waals surface area contributed by atoms with Gasteiger partial charge in [0, 0.05) is 70.3 Å². The number of urea groups is 1. The van der Waals surface area contributed by atoms with Crippen molar-refractivity contribution in [2.45, 2.75) is 44.7 Å². The summed E-state index contributed by atoms with van der Waals surface area (Å²) in [6, 6.07) is 16.4. The van der Waals surface area contributed by atoms with Gasteiger partial charge in [-0.3, -0.25) is 9.69 Å². The van der Waals surface area contributed by atoms with E-state index >= 15 is 0 Å².